The van der Waals surface area contributed by atoms with Gasteiger partial charge >= 0.3 is 0 Å². The van der Waals surface area contributed by atoms with Gasteiger partial charge in [-0.25, -0.2) is 0 Å². The molecule has 5 nitrogen and oxygen atoms in total. The molecule has 0 N–H and O–H groups in total. The number of piperazine rings is 1. The first-order valence-electron chi connectivity index (χ1n) is 10.8. The van der Waals surface area contributed by atoms with Crippen molar-refractivity contribution in [1.29, 1.82) is 0 Å². The third-order valence-electron chi connectivity index (χ3n) is 6.67. The molecule has 1 spiro atoms. The molecule has 1 aromatic rings. The van der Waals surface area contributed by atoms with E-state index in [9.17, 15) is 9.59 Å². The van der Waals surface area contributed by atoms with Crippen LogP contribution in [0.1, 0.15) is 37.7 Å². The van der Waals surface area contributed by atoms with E-state index in [1.165, 1.54) is 44.8 Å². The molecule has 29 heavy (non-hydrogen) atoms. The second-order valence-corrected chi connectivity index (χ2v) is 9.16. The van der Waals surface area contributed by atoms with Gasteiger partial charge in [0.05, 0.1) is 0 Å². The molecule has 2 saturated heterocycles. The van der Waals surface area contributed by atoms with Crippen molar-refractivity contribution in [2.45, 2.75) is 32.1 Å². The lowest BCUT2D eigenvalue weighted by Crippen LogP contribution is -2.52. The minimum Gasteiger partial charge on any atom is -0.339 e. The Morgan fingerprint density at radius 1 is 1.07 bits per heavy atom. The molecule has 1 aliphatic carbocycles. The fourth-order valence-electron chi connectivity index (χ4n) is 4.43. The van der Waals surface area contributed by atoms with Gasteiger partial charge in [-0.15, -0.1) is 0 Å². The van der Waals surface area contributed by atoms with Crippen LogP contribution in [0.25, 0.3) is 6.08 Å². The van der Waals surface area contributed by atoms with E-state index in [1.54, 1.807) is 23.1 Å². The van der Waals surface area contributed by atoms with E-state index < -0.39 is 0 Å². The van der Waals surface area contributed by atoms with Crippen molar-refractivity contribution in [1.82, 2.24) is 14.7 Å². The molecular formula is C23H30ClN3O2. The summed E-state index contributed by atoms with van der Waals surface area (Å²) in [7, 11) is 0. The highest BCUT2D eigenvalue weighted by molar-refractivity contribution is 6.30. The van der Waals surface area contributed by atoms with Crippen LogP contribution in [0, 0.1) is 5.41 Å². The number of piperidine rings is 1. The Kier molecular flexibility index (Phi) is 6.26. The van der Waals surface area contributed by atoms with E-state index in [1.807, 2.05) is 17.0 Å². The first-order chi connectivity index (χ1) is 14.0. The number of halogens is 1. The maximum Gasteiger partial charge on any atom is 0.247 e. The summed E-state index contributed by atoms with van der Waals surface area (Å²) < 4.78 is 0. The number of carbonyl (C=O) groups is 2. The van der Waals surface area contributed by atoms with Crippen molar-refractivity contribution >= 4 is 29.5 Å². The number of hydrogen-bond acceptors (Lipinski definition) is 3. The predicted octanol–water partition coefficient (Wildman–Crippen LogP) is 3.29. The van der Waals surface area contributed by atoms with Crippen LogP contribution < -0.4 is 0 Å². The van der Waals surface area contributed by atoms with Gasteiger partial charge < -0.3 is 14.7 Å². The predicted molar refractivity (Wildman–Crippen MR) is 116 cm³/mol. The summed E-state index contributed by atoms with van der Waals surface area (Å²) >= 11 is 5.97. The van der Waals surface area contributed by atoms with E-state index >= 15 is 0 Å². The van der Waals surface area contributed by atoms with Gasteiger partial charge in [-0.05, 0) is 80.9 Å². The summed E-state index contributed by atoms with van der Waals surface area (Å²) in [6.45, 7) is 5.69. The molecule has 6 heteroatoms. The molecule has 2 amide bonds. The summed E-state index contributed by atoms with van der Waals surface area (Å²) in [5, 5.41) is 0.639. The molecule has 3 fully saturated rings. The molecular weight excluding hydrogens is 386 g/mol. The highest BCUT2D eigenvalue weighted by atomic mass is 35.5. The third-order valence-corrected chi connectivity index (χ3v) is 6.91. The van der Waals surface area contributed by atoms with Gasteiger partial charge in [-0.3, -0.25) is 9.59 Å². The van der Waals surface area contributed by atoms with Crippen LogP contribution in [0.5, 0.6) is 0 Å². The first-order valence-corrected chi connectivity index (χ1v) is 11.1. The summed E-state index contributed by atoms with van der Waals surface area (Å²) in [6.07, 6.45) is 9.87. The second kappa shape index (κ2) is 8.88. The lowest BCUT2D eigenvalue weighted by molar-refractivity contribution is -0.142. The van der Waals surface area contributed by atoms with Crippen LogP contribution in [0.4, 0.5) is 0 Å². The van der Waals surface area contributed by atoms with E-state index in [2.05, 4.69) is 4.90 Å². The molecule has 0 radical (unpaired) electrons. The molecule has 1 saturated carbocycles. The Labute approximate surface area is 178 Å². The van der Waals surface area contributed by atoms with Crippen LogP contribution >= 0.6 is 11.6 Å². The fourth-order valence-corrected chi connectivity index (χ4v) is 4.63. The number of benzene rings is 1. The maximum atomic E-state index is 12.5. The zero-order valence-corrected chi connectivity index (χ0v) is 17.7. The van der Waals surface area contributed by atoms with Crippen molar-refractivity contribution in [3.63, 3.8) is 0 Å². The number of nitrogens with zero attached hydrogens (tertiary/aromatic N) is 3. The molecule has 4 rings (SSSR count). The summed E-state index contributed by atoms with van der Waals surface area (Å²) in [4.78, 5) is 31.0. The van der Waals surface area contributed by atoms with Crippen LogP contribution in [0.3, 0.4) is 0 Å². The number of likely N-dealkylation sites (tertiary alicyclic amines) is 1. The van der Waals surface area contributed by atoms with Crippen molar-refractivity contribution in [3.05, 3.63) is 40.9 Å². The SMILES string of the molecule is O=C(/C=C/c1cccc(Cl)c1)N1CCN(CCCN2CCC3(CC2)CC3)C(=O)C1. The summed E-state index contributed by atoms with van der Waals surface area (Å²) in [6, 6.07) is 7.35. The zero-order valence-electron chi connectivity index (χ0n) is 17.0. The Balaban J connectivity index is 1.18. The van der Waals surface area contributed by atoms with Gasteiger partial charge in [-0.1, -0.05) is 23.7 Å². The Hall–Kier alpha value is -1.85. The van der Waals surface area contributed by atoms with Crippen LogP contribution in [0.15, 0.2) is 30.3 Å². The first kappa shape index (κ1) is 20.4. The molecule has 156 valence electrons. The average molecular weight is 416 g/mol. The molecule has 3 aliphatic rings. The lowest BCUT2D eigenvalue weighted by atomic mass is 9.94. The highest BCUT2D eigenvalue weighted by Gasteiger charge is 2.44. The number of carbonyl (C=O) groups excluding carboxylic acids is 2. The Morgan fingerprint density at radius 3 is 2.55 bits per heavy atom. The third kappa shape index (κ3) is 5.40. The molecule has 0 atom stereocenters. The van der Waals surface area contributed by atoms with E-state index in [0.717, 1.165) is 30.5 Å². The van der Waals surface area contributed by atoms with Crippen LogP contribution in [-0.2, 0) is 9.59 Å². The van der Waals surface area contributed by atoms with Gasteiger partial charge in [0.15, 0.2) is 0 Å². The second-order valence-electron chi connectivity index (χ2n) is 8.72. The minimum atomic E-state index is -0.125. The molecule has 0 unspecified atom stereocenters. The van der Waals surface area contributed by atoms with Crippen molar-refractivity contribution in [2.75, 3.05) is 45.8 Å². The fraction of sp³-hybridized carbons (Fsp3) is 0.565. The van der Waals surface area contributed by atoms with Gasteiger partial charge in [-0.2, -0.15) is 0 Å². The summed E-state index contributed by atoms with van der Waals surface area (Å²) in [5.74, 6) is -0.0726. The smallest absolute Gasteiger partial charge is 0.247 e. The molecule has 0 bridgehead atoms. The normalized spacial score (nSPS) is 21.9. The highest BCUT2D eigenvalue weighted by Crippen LogP contribution is 2.53. The van der Waals surface area contributed by atoms with Crippen LogP contribution in [0.2, 0.25) is 5.02 Å². The number of rotatable bonds is 6. The number of hydrogen-bond donors (Lipinski definition) is 0. The average Bonchev–Trinajstić information content (AvgIpc) is 3.48. The van der Waals surface area contributed by atoms with Crippen molar-refractivity contribution in [2.24, 2.45) is 5.41 Å². The lowest BCUT2D eigenvalue weighted by Gasteiger charge is -2.35. The van der Waals surface area contributed by atoms with Gasteiger partial charge in [0.2, 0.25) is 11.8 Å². The van der Waals surface area contributed by atoms with E-state index in [4.69, 9.17) is 11.6 Å². The molecule has 2 heterocycles. The summed E-state index contributed by atoms with van der Waals surface area (Å²) in [5.41, 5.74) is 1.59. The van der Waals surface area contributed by atoms with Gasteiger partial charge in [0, 0.05) is 30.7 Å². The zero-order chi connectivity index (χ0) is 20.3. The maximum absolute atomic E-state index is 12.5. The minimum absolute atomic E-state index is 0.0522. The topological polar surface area (TPSA) is 43.9 Å². The van der Waals surface area contributed by atoms with Crippen molar-refractivity contribution in [3.8, 4) is 0 Å². The molecule has 1 aromatic carbocycles. The monoisotopic (exact) mass is 415 g/mol. The van der Waals surface area contributed by atoms with Crippen LogP contribution in [-0.4, -0.2) is 72.3 Å². The van der Waals surface area contributed by atoms with Gasteiger partial charge in [0.25, 0.3) is 0 Å². The quantitative estimate of drug-likeness (QED) is 0.669. The van der Waals surface area contributed by atoms with Crippen molar-refractivity contribution < 1.29 is 9.59 Å². The largest absolute Gasteiger partial charge is 0.339 e. The van der Waals surface area contributed by atoms with Gasteiger partial charge in [0.1, 0.15) is 6.54 Å². The molecule has 0 aromatic heterocycles. The number of amides is 2. The van der Waals surface area contributed by atoms with E-state index in [-0.39, 0.29) is 18.4 Å². The standard InChI is InChI=1S/C23H30ClN3O2/c24-20-4-1-3-19(17-20)5-6-21(28)27-16-15-26(22(29)18-27)12-2-11-25-13-9-23(7-8-23)10-14-25/h1,3-6,17H,2,7-16,18H2/b6-5+. The Morgan fingerprint density at radius 2 is 1.86 bits per heavy atom. The Bertz CT molecular complexity index is 780. The molecule has 2 aliphatic heterocycles. The van der Waals surface area contributed by atoms with E-state index in [0.29, 0.717) is 18.1 Å².